The summed E-state index contributed by atoms with van der Waals surface area (Å²) < 4.78 is 0. The van der Waals surface area contributed by atoms with Gasteiger partial charge in [-0.3, -0.25) is 0 Å². The molecule has 0 unspecified atom stereocenters. The Balaban J connectivity index is 2.10. The number of hydrogen-bond donors (Lipinski definition) is 3. The van der Waals surface area contributed by atoms with Gasteiger partial charge in [0.1, 0.15) is 5.82 Å². The Labute approximate surface area is 127 Å². The van der Waals surface area contributed by atoms with Gasteiger partial charge in [-0.15, -0.1) is 0 Å². The lowest BCUT2D eigenvalue weighted by Crippen LogP contribution is -2.30. The van der Waals surface area contributed by atoms with E-state index in [4.69, 9.17) is 5.73 Å². The van der Waals surface area contributed by atoms with Gasteiger partial charge in [0.2, 0.25) is 0 Å². The topological polar surface area (TPSA) is 53.3 Å². The molecule has 0 aromatic carbocycles. The van der Waals surface area contributed by atoms with Gasteiger partial charge >= 0.3 is 0 Å². The summed E-state index contributed by atoms with van der Waals surface area (Å²) in [5, 5.41) is 6.86. The average Bonchev–Trinajstić information content (AvgIpc) is 2.79. The van der Waals surface area contributed by atoms with Crippen molar-refractivity contribution in [3.05, 3.63) is 59.4 Å². The van der Waals surface area contributed by atoms with Crippen molar-refractivity contribution in [3.8, 4) is 0 Å². The minimum absolute atomic E-state index is 0.549. The van der Waals surface area contributed by atoms with Crippen LogP contribution < -0.4 is 16.4 Å². The van der Waals surface area contributed by atoms with E-state index in [1.807, 2.05) is 0 Å². The summed E-state index contributed by atoms with van der Waals surface area (Å²) in [6.45, 7) is 11.0. The van der Waals surface area contributed by atoms with E-state index in [0.29, 0.717) is 6.54 Å². The molecule has 4 N–H and O–H groups in total. The zero-order valence-corrected chi connectivity index (χ0v) is 13.1. The third kappa shape index (κ3) is 4.02. The summed E-state index contributed by atoms with van der Waals surface area (Å²) >= 11 is 0. The molecule has 0 saturated heterocycles. The Morgan fingerprint density at radius 3 is 3.05 bits per heavy atom. The van der Waals surface area contributed by atoms with E-state index in [1.165, 1.54) is 11.4 Å². The van der Waals surface area contributed by atoms with Crippen molar-refractivity contribution in [1.82, 2.24) is 15.5 Å². The maximum Gasteiger partial charge on any atom is 0.103 e. The maximum atomic E-state index is 5.75. The summed E-state index contributed by atoms with van der Waals surface area (Å²) in [4.78, 5) is 2.24. The number of hydrogen-bond acceptors (Lipinski definition) is 4. The normalized spacial score (nSPS) is 19.3. The monoisotopic (exact) mass is 286 g/mol. The molecule has 4 heteroatoms. The van der Waals surface area contributed by atoms with Gasteiger partial charge in [-0.1, -0.05) is 24.8 Å². The molecule has 0 atom stereocenters. The van der Waals surface area contributed by atoms with Crippen molar-refractivity contribution < 1.29 is 0 Å². The molecule has 1 aliphatic heterocycles. The standard InChI is InChI=1S/C17H26N4/c1-13-14(2)21(10-6-9-19-13)15(3)20-17-8-5-4-7-16(11-17)12-18/h4,7-8,11,19-20H,3,5-6,9-10,12,18H2,1-2H3. The molecule has 0 amide bonds. The van der Waals surface area contributed by atoms with Gasteiger partial charge < -0.3 is 21.3 Å². The van der Waals surface area contributed by atoms with Crippen molar-refractivity contribution >= 4 is 0 Å². The molecule has 0 aromatic rings. The molecule has 0 saturated carbocycles. The summed E-state index contributed by atoms with van der Waals surface area (Å²) in [6.07, 6.45) is 10.5. The highest BCUT2D eigenvalue weighted by atomic mass is 15.3. The highest BCUT2D eigenvalue weighted by Gasteiger charge is 2.15. The van der Waals surface area contributed by atoms with Gasteiger partial charge in [0.25, 0.3) is 0 Å². The SMILES string of the molecule is C=C(NC1=CCC=CC(CN)=C1)N1CCCNC(C)=C1C. The average molecular weight is 286 g/mol. The van der Waals surface area contributed by atoms with Gasteiger partial charge in [0, 0.05) is 36.7 Å². The van der Waals surface area contributed by atoms with Crippen LogP contribution in [-0.2, 0) is 0 Å². The van der Waals surface area contributed by atoms with Crippen LogP contribution in [0.2, 0.25) is 0 Å². The second-order valence-corrected chi connectivity index (χ2v) is 5.43. The molecule has 21 heavy (non-hydrogen) atoms. The predicted molar refractivity (Wildman–Crippen MR) is 89.0 cm³/mol. The highest BCUT2D eigenvalue weighted by molar-refractivity contribution is 5.35. The summed E-state index contributed by atoms with van der Waals surface area (Å²) in [5.41, 5.74) is 10.4. The van der Waals surface area contributed by atoms with E-state index in [1.54, 1.807) is 0 Å². The maximum absolute atomic E-state index is 5.75. The molecule has 2 rings (SSSR count). The number of allylic oxidation sites excluding steroid dienone is 5. The third-order valence-electron chi connectivity index (χ3n) is 3.89. The molecule has 4 nitrogen and oxygen atoms in total. The van der Waals surface area contributed by atoms with Crippen LogP contribution in [0, 0.1) is 0 Å². The van der Waals surface area contributed by atoms with E-state index in [9.17, 15) is 0 Å². The quantitative estimate of drug-likeness (QED) is 0.742. The lowest BCUT2D eigenvalue weighted by Gasteiger charge is -2.28. The first kappa shape index (κ1) is 15.4. The summed E-state index contributed by atoms with van der Waals surface area (Å²) in [7, 11) is 0. The number of rotatable bonds is 4. The predicted octanol–water partition coefficient (Wildman–Crippen LogP) is 2.32. The van der Waals surface area contributed by atoms with Crippen molar-refractivity contribution in [2.45, 2.75) is 26.7 Å². The minimum atomic E-state index is 0.549. The zero-order chi connectivity index (χ0) is 15.2. The second kappa shape index (κ2) is 7.18. The summed E-state index contributed by atoms with van der Waals surface area (Å²) in [6, 6.07) is 0. The molecular weight excluding hydrogens is 260 g/mol. The third-order valence-corrected chi connectivity index (χ3v) is 3.89. The molecule has 0 aromatic heterocycles. The van der Waals surface area contributed by atoms with Crippen molar-refractivity contribution in [3.63, 3.8) is 0 Å². The first-order chi connectivity index (χ1) is 10.1. The lowest BCUT2D eigenvalue weighted by atomic mass is 10.2. The first-order valence-electron chi connectivity index (χ1n) is 7.54. The van der Waals surface area contributed by atoms with E-state index in [-0.39, 0.29) is 0 Å². The number of nitrogens with zero attached hydrogens (tertiary/aromatic N) is 1. The summed E-state index contributed by atoms with van der Waals surface area (Å²) in [5.74, 6) is 0.913. The van der Waals surface area contributed by atoms with Crippen molar-refractivity contribution in [1.29, 1.82) is 0 Å². The van der Waals surface area contributed by atoms with Crippen molar-refractivity contribution in [2.24, 2.45) is 5.73 Å². The Morgan fingerprint density at radius 1 is 1.48 bits per heavy atom. The van der Waals surface area contributed by atoms with Crippen LogP contribution in [0.3, 0.4) is 0 Å². The van der Waals surface area contributed by atoms with E-state index < -0.39 is 0 Å². The van der Waals surface area contributed by atoms with Crippen molar-refractivity contribution in [2.75, 3.05) is 19.6 Å². The van der Waals surface area contributed by atoms with E-state index in [0.717, 1.165) is 43.0 Å². The zero-order valence-electron chi connectivity index (χ0n) is 13.1. The fourth-order valence-corrected chi connectivity index (χ4v) is 2.52. The fraction of sp³-hybridized carbons (Fsp3) is 0.412. The van der Waals surface area contributed by atoms with Crippen LogP contribution in [0.1, 0.15) is 26.7 Å². The van der Waals surface area contributed by atoms with E-state index >= 15 is 0 Å². The molecule has 0 radical (unpaired) electrons. The Bertz CT molecular complexity index is 523. The molecule has 114 valence electrons. The Morgan fingerprint density at radius 2 is 2.29 bits per heavy atom. The fourth-order valence-electron chi connectivity index (χ4n) is 2.52. The van der Waals surface area contributed by atoms with Gasteiger partial charge in [-0.25, -0.2) is 0 Å². The molecule has 1 aliphatic carbocycles. The van der Waals surface area contributed by atoms with Gasteiger partial charge in [0.15, 0.2) is 0 Å². The molecule has 0 spiro atoms. The smallest absolute Gasteiger partial charge is 0.103 e. The molecular formula is C17H26N4. The Kier molecular flexibility index (Phi) is 5.28. The number of nitrogens with one attached hydrogen (secondary N) is 2. The van der Waals surface area contributed by atoms with Crippen LogP contribution in [0.25, 0.3) is 0 Å². The molecule has 2 aliphatic rings. The molecule has 0 fully saturated rings. The lowest BCUT2D eigenvalue weighted by molar-refractivity contribution is 0.407. The Hall–Kier alpha value is -1.94. The molecule has 0 bridgehead atoms. The first-order valence-corrected chi connectivity index (χ1v) is 7.54. The second-order valence-electron chi connectivity index (χ2n) is 5.43. The van der Waals surface area contributed by atoms with E-state index in [2.05, 4.69) is 60.3 Å². The molecule has 1 heterocycles. The largest absolute Gasteiger partial charge is 0.387 e. The van der Waals surface area contributed by atoms with Gasteiger partial charge in [0.05, 0.1) is 0 Å². The van der Waals surface area contributed by atoms with Gasteiger partial charge in [-0.05, 0) is 38.3 Å². The highest BCUT2D eigenvalue weighted by Crippen LogP contribution is 2.18. The van der Waals surface area contributed by atoms with Crippen LogP contribution in [-0.4, -0.2) is 24.5 Å². The van der Waals surface area contributed by atoms with Crippen LogP contribution in [0.4, 0.5) is 0 Å². The van der Waals surface area contributed by atoms with Gasteiger partial charge in [-0.2, -0.15) is 0 Å². The van der Waals surface area contributed by atoms with Crippen LogP contribution in [0.15, 0.2) is 59.4 Å². The minimum Gasteiger partial charge on any atom is -0.387 e. The van der Waals surface area contributed by atoms with Crippen LogP contribution >= 0.6 is 0 Å². The van der Waals surface area contributed by atoms with Crippen LogP contribution in [0.5, 0.6) is 0 Å². The number of nitrogens with two attached hydrogens (primary N) is 1.